The van der Waals surface area contributed by atoms with Crippen molar-refractivity contribution >= 4 is 5.78 Å². The zero-order chi connectivity index (χ0) is 12.4. The molecule has 18 heavy (non-hydrogen) atoms. The second-order valence-electron chi connectivity index (χ2n) is 6.26. The van der Waals surface area contributed by atoms with Crippen LogP contribution in [0.4, 0.5) is 0 Å². The molecule has 1 spiro atoms. The largest absolute Gasteiger partial charge is 0.378 e. The average Bonchev–Trinajstić information content (AvgIpc) is 2.70. The van der Waals surface area contributed by atoms with Crippen LogP contribution in [0, 0.1) is 11.8 Å². The van der Waals surface area contributed by atoms with Gasteiger partial charge in [-0.15, -0.1) is 0 Å². The van der Waals surface area contributed by atoms with Gasteiger partial charge in [-0.3, -0.25) is 4.79 Å². The van der Waals surface area contributed by atoms with Gasteiger partial charge in [0, 0.05) is 32.0 Å². The number of carbonyl (C=O) groups is 1. The van der Waals surface area contributed by atoms with Gasteiger partial charge in [0.05, 0.1) is 12.2 Å². The molecule has 3 rings (SSSR count). The molecule has 0 N–H and O–H groups in total. The van der Waals surface area contributed by atoms with E-state index < -0.39 is 0 Å². The van der Waals surface area contributed by atoms with Gasteiger partial charge in [0.15, 0.2) is 0 Å². The maximum absolute atomic E-state index is 12.2. The van der Waals surface area contributed by atoms with Crippen molar-refractivity contribution in [3.63, 3.8) is 0 Å². The Bertz CT molecular complexity index is 307. The highest BCUT2D eigenvalue weighted by atomic mass is 16.6. The van der Waals surface area contributed by atoms with Gasteiger partial charge in [-0.2, -0.15) is 0 Å². The zero-order valence-corrected chi connectivity index (χ0v) is 11.2. The van der Waals surface area contributed by atoms with Gasteiger partial charge in [0.1, 0.15) is 5.78 Å². The molecule has 3 heteroatoms. The van der Waals surface area contributed by atoms with E-state index in [1.165, 1.54) is 12.8 Å². The van der Waals surface area contributed by atoms with Crippen LogP contribution in [0.25, 0.3) is 0 Å². The second kappa shape index (κ2) is 5.30. The first-order chi connectivity index (χ1) is 8.79. The normalized spacial score (nSPS) is 42.1. The van der Waals surface area contributed by atoms with E-state index in [0.29, 0.717) is 17.6 Å². The van der Waals surface area contributed by atoms with Crippen molar-refractivity contribution in [3.8, 4) is 0 Å². The summed E-state index contributed by atoms with van der Waals surface area (Å²) in [5.41, 5.74) is -0.0461. The lowest BCUT2D eigenvalue weighted by Crippen LogP contribution is -2.43. The fourth-order valence-corrected chi connectivity index (χ4v) is 3.96. The Kier molecular flexibility index (Phi) is 3.71. The third kappa shape index (κ3) is 2.48. The quantitative estimate of drug-likeness (QED) is 0.673. The van der Waals surface area contributed by atoms with E-state index in [9.17, 15) is 4.79 Å². The third-order valence-electron chi connectivity index (χ3n) is 5.02. The number of hydrogen-bond acceptors (Lipinski definition) is 3. The smallest absolute Gasteiger partial charge is 0.136 e. The maximum atomic E-state index is 12.2. The standard InChI is InChI=1S/C15H24O3/c16-14-5-3-1-2-4-13(14)12-6-8-18-15(10-12)7-9-17-11-15/h12-13H,1-11H2. The van der Waals surface area contributed by atoms with E-state index in [0.717, 1.165) is 58.3 Å². The molecule has 1 aliphatic carbocycles. The number of carbonyl (C=O) groups excluding carboxylic acids is 1. The van der Waals surface area contributed by atoms with Crippen LogP contribution < -0.4 is 0 Å². The van der Waals surface area contributed by atoms with Gasteiger partial charge in [0.25, 0.3) is 0 Å². The molecule has 0 aromatic carbocycles. The Morgan fingerprint density at radius 1 is 1.11 bits per heavy atom. The minimum Gasteiger partial charge on any atom is -0.378 e. The Labute approximate surface area is 109 Å². The lowest BCUT2D eigenvalue weighted by molar-refractivity contribution is -0.133. The number of rotatable bonds is 1. The molecular formula is C15H24O3. The van der Waals surface area contributed by atoms with E-state index in [1.54, 1.807) is 0 Å². The monoisotopic (exact) mass is 252 g/mol. The van der Waals surface area contributed by atoms with Crippen molar-refractivity contribution in [1.29, 1.82) is 0 Å². The van der Waals surface area contributed by atoms with Gasteiger partial charge < -0.3 is 9.47 Å². The van der Waals surface area contributed by atoms with Crippen molar-refractivity contribution in [1.82, 2.24) is 0 Å². The molecule has 0 bridgehead atoms. The Morgan fingerprint density at radius 2 is 2.06 bits per heavy atom. The molecule has 0 aromatic rings. The third-order valence-corrected chi connectivity index (χ3v) is 5.02. The van der Waals surface area contributed by atoms with Crippen LogP contribution in [0.1, 0.15) is 51.4 Å². The lowest BCUT2D eigenvalue weighted by Gasteiger charge is -2.39. The minimum absolute atomic E-state index is 0.0461. The van der Waals surface area contributed by atoms with Gasteiger partial charge in [-0.25, -0.2) is 0 Å². The van der Waals surface area contributed by atoms with Crippen LogP contribution in [0.3, 0.4) is 0 Å². The van der Waals surface area contributed by atoms with Crippen molar-refractivity contribution < 1.29 is 14.3 Å². The molecule has 0 aromatic heterocycles. The highest BCUT2D eigenvalue weighted by Gasteiger charge is 2.44. The lowest BCUT2D eigenvalue weighted by atomic mass is 9.75. The van der Waals surface area contributed by atoms with Crippen LogP contribution >= 0.6 is 0 Å². The molecule has 102 valence electrons. The molecule has 3 nitrogen and oxygen atoms in total. The fraction of sp³-hybridized carbons (Fsp3) is 0.933. The van der Waals surface area contributed by atoms with Gasteiger partial charge in [0.2, 0.25) is 0 Å². The maximum Gasteiger partial charge on any atom is 0.136 e. The highest BCUT2D eigenvalue weighted by molar-refractivity contribution is 5.81. The summed E-state index contributed by atoms with van der Waals surface area (Å²) in [5, 5.41) is 0. The van der Waals surface area contributed by atoms with Crippen LogP contribution in [-0.2, 0) is 14.3 Å². The Morgan fingerprint density at radius 3 is 2.89 bits per heavy atom. The molecule has 3 aliphatic rings. The summed E-state index contributed by atoms with van der Waals surface area (Å²) in [7, 11) is 0. The summed E-state index contributed by atoms with van der Waals surface area (Å²) in [6.45, 7) is 2.38. The molecule has 0 radical (unpaired) electrons. The first-order valence-corrected chi connectivity index (χ1v) is 7.54. The first-order valence-electron chi connectivity index (χ1n) is 7.54. The molecular weight excluding hydrogens is 228 g/mol. The van der Waals surface area contributed by atoms with E-state index in [-0.39, 0.29) is 5.60 Å². The van der Waals surface area contributed by atoms with Crippen molar-refractivity contribution in [2.75, 3.05) is 19.8 Å². The minimum atomic E-state index is -0.0461. The van der Waals surface area contributed by atoms with E-state index in [2.05, 4.69) is 0 Å². The topological polar surface area (TPSA) is 35.5 Å². The number of Topliss-reactive ketones (excluding diaryl/α,β-unsaturated/α-hetero) is 1. The fourth-order valence-electron chi connectivity index (χ4n) is 3.96. The van der Waals surface area contributed by atoms with Crippen LogP contribution in [0.5, 0.6) is 0 Å². The van der Waals surface area contributed by atoms with Gasteiger partial charge in [-0.1, -0.05) is 12.8 Å². The van der Waals surface area contributed by atoms with Crippen molar-refractivity contribution in [3.05, 3.63) is 0 Å². The summed E-state index contributed by atoms with van der Waals surface area (Å²) in [4.78, 5) is 12.2. The summed E-state index contributed by atoms with van der Waals surface area (Å²) in [5.74, 6) is 1.38. The van der Waals surface area contributed by atoms with Crippen LogP contribution in [0.15, 0.2) is 0 Å². The molecule has 2 saturated heterocycles. The molecule has 3 unspecified atom stereocenters. The molecule has 0 amide bonds. The number of ketones is 1. The molecule has 2 heterocycles. The predicted molar refractivity (Wildman–Crippen MR) is 68.4 cm³/mol. The predicted octanol–water partition coefficient (Wildman–Crippen LogP) is 2.72. The summed E-state index contributed by atoms with van der Waals surface area (Å²) in [6.07, 6.45) is 8.63. The highest BCUT2D eigenvalue weighted by Crippen LogP contribution is 2.41. The second-order valence-corrected chi connectivity index (χ2v) is 6.26. The summed E-state index contributed by atoms with van der Waals surface area (Å²) >= 11 is 0. The summed E-state index contributed by atoms with van der Waals surface area (Å²) < 4.78 is 11.5. The summed E-state index contributed by atoms with van der Waals surface area (Å²) in [6, 6.07) is 0. The zero-order valence-electron chi connectivity index (χ0n) is 11.2. The molecule has 3 fully saturated rings. The van der Waals surface area contributed by atoms with Crippen LogP contribution in [0.2, 0.25) is 0 Å². The number of hydrogen-bond donors (Lipinski definition) is 0. The molecule has 1 saturated carbocycles. The molecule has 3 atom stereocenters. The van der Waals surface area contributed by atoms with Gasteiger partial charge in [-0.05, 0) is 31.6 Å². The van der Waals surface area contributed by atoms with E-state index in [1.807, 2.05) is 0 Å². The van der Waals surface area contributed by atoms with Crippen molar-refractivity contribution in [2.24, 2.45) is 11.8 Å². The number of ether oxygens (including phenoxy) is 2. The van der Waals surface area contributed by atoms with E-state index >= 15 is 0 Å². The Balaban J connectivity index is 1.68. The SMILES string of the molecule is O=C1CCCCCC1C1CCOC2(CCOC2)C1. The molecule has 2 aliphatic heterocycles. The van der Waals surface area contributed by atoms with Crippen molar-refractivity contribution in [2.45, 2.75) is 57.0 Å². The van der Waals surface area contributed by atoms with Gasteiger partial charge >= 0.3 is 0 Å². The van der Waals surface area contributed by atoms with Crippen LogP contribution in [-0.4, -0.2) is 31.2 Å². The first kappa shape index (κ1) is 12.6. The Hall–Kier alpha value is -0.410. The average molecular weight is 252 g/mol. The van der Waals surface area contributed by atoms with E-state index in [4.69, 9.17) is 9.47 Å².